The highest BCUT2D eigenvalue weighted by molar-refractivity contribution is 5.76. The van der Waals surface area contributed by atoms with Crippen LogP contribution in [0.25, 0.3) is 0 Å². The van der Waals surface area contributed by atoms with Crippen molar-refractivity contribution in [3.05, 3.63) is 0 Å². The lowest BCUT2D eigenvalue weighted by atomic mass is 10.0. The SMILES string of the molecule is CCC(C)CC(=O)NCC(N)C(C)C. The molecule has 3 heteroatoms. The van der Waals surface area contributed by atoms with Gasteiger partial charge in [-0.1, -0.05) is 34.1 Å². The van der Waals surface area contributed by atoms with Crippen molar-refractivity contribution in [1.82, 2.24) is 5.32 Å². The van der Waals surface area contributed by atoms with E-state index >= 15 is 0 Å². The smallest absolute Gasteiger partial charge is 0.220 e. The van der Waals surface area contributed by atoms with Gasteiger partial charge in [-0.3, -0.25) is 4.79 Å². The first kappa shape index (κ1) is 13.4. The van der Waals surface area contributed by atoms with Gasteiger partial charge in [-0.2, -0.15) is 0 Å². The second-order valence-electron chi connectivity index (χ2n) is 4.43. The zero-order valence-electron chi connectivity index (χ0n) is 9.84. The Morgan fingerprint density at radius 2 is 1.93 bits per heavy atom. The second-order valence-corrected chi connectivity index (χ2v) is 4.43. The van der Waals surface area contributed by atoms with E-state index in [1.165, 1.54) is 0 Å². The van der Waals surface area contributed by atoms with Crippen LogP contribution in [-0.2, 0) is 4.79 Å². The average molecular weight is 200 g/mol. The molecule has 0 saturated carbocycles. The largest absolute Gasteiger partial charge is 0.355 e. The van der Waals surface area contributed by atoms with Crippen LogP contribution < -0.4 is 11.1 Å². The van der Waals surface area contributed by atoms with E-state index in [1.807, 2.05) is 0 Å². The van der Waals surface area contributed by atoms with Crippen LogP contribution in [0.15, 0.2) is 0 Å². The minimum Gasteiger partial charge on any atom is -0.355 e. The molecule has 0 spiro atoms. The maximum Gasteiger partial charge on any atom is 0.220 e. The van der Waals surface area contributed by atoms with Crippen molar-refractivity contribution in [3.63, 3.8) is 0 Å². The number of nitrogens with two attached hydrogens (primary N) is 1. The molecule has 0 heterocycles. The topological polar surface area (TPSA) is 55.1 Å². The Balaban J connectivity index is 3.64. The van der Waals surface area contributed by atoms with E-state index in [4.69, 9.17) is 5.73 Å². The summed E-state index contributed by atoms with van der Waals surface area (Å²) >= 11 is 0. The molecule has 0 aliphatic rings. The average Bonchev–Trinajstić information content (AvgIpc) is 2.13. The van der Waals surface area contributed by atoms with Crippen LogP contribution in [0.2, 0.25) is 0 Å². The number of rotatable bonds is 6. The third-order valence-corrected chi connectivity index (χ3v) is 2.62. The van der Waals surface area contributed by atoms with E-state index in [-0.39, 0.29) is 11.9 Å². The van der Waals surface area contributed by atoms with Crippen LogP contribution in [0.3, 0.4) is 0 Å². The Kier molecular flexibility index (Phi) is 6.54. The Hall–Kier alpha value is -0.570. The standard InChI is InChI=1S/C11H24N2O/c1-5-9(4)6-11(14)13-7-10(12)8(2)3/h8-10H,5-7,12H2,1-4H3,(H,13,14). The molecule has 0 radical (unpaired) electrons. The monoisotopic (exact) mass is 200 g/mol. The van der Waals surface area contributed by atoms with Crippen LogP contribution in [0.4, 0.5) is 0 Å². The minimum atomic E-state index is 0.0656. The summed E-state index contributed by atoms with van der Waals surface area (Å²) in [5, 5.41) is 2.87. The number of hydrogen-bond donors (Lipinski definition) is 2. The quantitative estimate of drug-likeness (QED) is 0.683. The summed E-state index contributed by atoms with van der Waals surface area (Å²) < 4.78 is 0. The van der Waals surface area contributed by atoms with Gasteiger partial charge in [0.1, 0.15) is 0 Å². The van der Waals surface area contributed by atoms with Crippen molar-refractivity contribution >= 4 is 5.91 Å². The van der Waals surface area contributed by atoms with Gasteiger partial charge in [0.05, 0.1) is 0 Å². The highest BCUT2D eigenvalue weighted by Gasteiger charge is 2.10. The molecule has 0 fully saturated rings. The number of carbonyl (C=O) groups excluding carboxylic acids is 1. The Morgan fingerprint density at radius 3 is 2.36 bits per heavy atom. The van der Waals surface area contributed by atoms with Gasteiger partial charge >= 0.3 is 0 Å². The Bertz CT molecular complexity index is 169. The van der Waals surface area contributed by atoms with E-state index in [2.05, 4.69) is 33.0 Å². The predicted molar refractivity (Wildman–Crippen MR) is 59.9 cm³/mol. The minimum absolute atomic E-state index is 0.0656. The van der Waals surface area contributed by atoms with Gasteiger partial charge in [-0.25, -0.2) is 0 Å². The molecule has 0 aromatic rings. The summed E-state index contributed by atoms with van der Waals surface area (Å²) in [5.74, 6) is 1.000. The van der Waals surface area contributed by atoms with Gasteiger partial charge in [0, 0.05) is 19.0 Å². The van der Waals surface area contributed by atoms with E-state index in [0.717, 1.165) is 6.42 Å². The summed E-state index contributed by atoms with van der Waals surface area (Å²) in [4.78, 5) is 11.4. The lowest BCUT2D eigenvalue weighted by Crippen LogP contribution is -2.40. The molecule has 0 aliphatic carbocycles. The molecule has 0 bridgehead atoms. The van der Waals surface area contributed by atoms with E-state index < -0.39 is 0 Å². The molecule has 3 N–H and O–H groups in total. The summed E-state index contributed by atoms with van der Waals surface area (Å²) in [6, 6.07) is 0.0656. The highest BCUT2D eigenvalue weighted by Crippen LogP contribution is 2.05. The number of amides is 1. The van der Waals surface area contributed by atoms with Gasteiger partial charge in [0.2, 0.25) is 5.91 Å². The van der Waals surface area contributed by atoms with Crippen LogP contribution in [0.1, 0.15) is 40.5 Å². The van der Waals surface area contributed by atoms with E-state index in [1.54, 1.807) is 0 Å². The van der Waals surface area contributed by atoms with Gasteiger partial charge in [0.15, 0.2) is 0 Å². The zero-order chi connectivity index (χ0) is 11.1. The summed E-state index contributed by atoms with van der Waals surface area (Å²) in [6.45, 7) is 8.89. The summed E-state index contributed by atoms with van der Waals surface area (Å²) in [6.07, 6.45) is 1.66. The predicted octanol–water partition coefficient (Wildman–Crippen LogP) is 1.52. The van der Waals surface area contributed by atoms with Gasteiger partial charge in [-0.15, -0.1) is 0 Å². The molecule has 3 nitrogen and oxygen atoms in total. The van der Waals surface area contributed by atoms with Crippen molar-refractivity contribution in [3.8, 4) is 0 Å². The number of nitrogens with one attached hydrogen (secondary N) is 1. The molecule has 0 saturated heterocycles. The molecule has 0 aromatic heterocycles. The lowest BCUT2D eigenvalue weighted by molar-refractivity contribution is -0.122. The molecular formula is C11H24N2O. The Labute approximate surface area is 87.4 Å². The van der Waals surface area contributed by atoms with Crippen LogP contribution in [0, 0.1) is 11.8 Å². The molecule has 14 heavy (non-hydrogen) atoms. The Morgan fingerprint density at radius 1 is 1.36 bits per heavy atom. The second kappa shape index (κ2) is 6.82. The molecule has 1 amide bonds. The van der Waals surface area contributed by atoms with Crippen LogP contribution in [0.5, 0.6) is 0 Å². The fraction of sp³-hybridized carbons (Fsp3) is 0.909. The molecule has 0 aromatic carbocycles. The molecule has 0 aliphatic heterocycles. The molecule has 0 rings (SSSR count). The fourth-order valence-corrected chi connectivity index (χ4v) is 1.00. The third-order valence-electron chi connectivity index (χ3n) is 2.62. The lowest BCUT2D eigenvalue weighted by Gasteiger charge is -2.16. The maximum absolute atomic E-state index is 11.4. The van der Waals surface area contributed by atoms with Crippen LogP contribution >= 0.6 is 0 Å². The fourth-order valence-electron chi connectivity index (χ4n) is 1.00. The molecule has 2 unspecified atom stereocenters. The first-order valence-corrected chi connectivity index (χ1v) is 5.49. The first-order valence-electron chi connectivity index (χ1n) is 5.49. The summed E-state index contributed by atoms with van der Waals surface area (Å²) in [5.41, 5.74) is 5.81. The number of hydrogen-bond acceptors (Lipinski definition) is 2. The summed E-state index contributed by atoms with van der Waals surface area (Å²) in [7, 11) is 0. The number of carbonyl (C=O) groups is 1. The zero-order valence-corrected chi connectivity index (χ0v) is 9.84. The maximum atomic E-state index is 11.4. The molecule has 84 valence electrons. The van der Waals surface area contributed by atoms with Crippen LogP contribution in [-0.4, -0.2) is 18.5 Å². The van der Waals surface area contributed by atoms with E-state index in [9.17, 15) is 4.79 Å². The van der Waals surface area contributed by atoms with Crippen molar-refractivity contribution in [1.29, 1.82) is 0 Å². The first-order chi connectivity index (χ1) is 6.47. The van der Waals surface area contributed by atoms with Crippen molar-refractivity contribution in [2.24, 2.45) is 17.6 Å². The van der Waals surface area contributed by atoms with Gasteiger partial charge in [-0.05, 0) is 11.8 Å². The van der Waals surface area contributed by atoms with Gasteiger partial charge in [0.25, 0.3) is 0 Å². The van der Waals surface area contributed by atoms with Crippen molar-refractivity contribution in [2.45, 2.75) is 46.6 Å². The molecular weight excluding hydrogens is 176 g/mol. The van der Waals surface area contributed by atoms with Gasteiger partial charge < -0.3 is 11.1 Å². The van der Waals surface area contributed by atoms with Crippen molar-refractivity contribution in [2.75, 3.05) is 6.54 Å². The normalized spacial score (nSPS) is 15.3. The molecule has 2 atom stereocenters. The van der Waals surface area contributed by atoms with E-state index in [0.29, 0.717) is 24.8 Å². The third kappa shape index (κ3) is 5.97. The van der Waals surface area contributed by atoms with Crippen molar-refractivity contribution < 1.29 is 4.79 Å². The highest BCUT2D eigenvalue weighted by atomic mass is 16.1.